The zero-order chi connectivity index (χ0) is 16.3. The predicted molar refractivity (Wildman–Crippen MR) is 81.0 cm³/mol. The van der Waals surface area contributed by atoms with E-state index in [-0.39, 0.29) is 11.4 Å². The van der Waals surface area contributed by atoms with E-state index in [0.29, 0.717) is 11.3 Å². The van der Waals surface area contributed by atoms with Crippen LogP contribution in [0.15, 0.2) is 41.4 Å². The van der Waals surface area contributed by atoms with Gasteiger partial charge in [0.15, 0.2) is 0 Å². The lowest BCUT2D eigenvalue weighted by molar-refractivity contribution is -0.198. The number of anilines is 1. The lowest BCUT2D eigenvalue weighted by Crippen LogP contribution is -2.26. The molecule has 2 N–H and O–H groups in total. The minimum absolute atomic E-state index is 0.0309. The smallest absolute Gasteiger partial charge is 0.429 e. The Morgan fingerprint density at radius 1 is 1.23 bits per heavy atom. The van der Waals surface area contributed by atoms with Gasteiger partial charge in [-0.15, -0.1) is 11.8 Å². The molecule has 0 saturated heterocycles. The number of halogens is 3. The lowest BCUT2D eigenvalue weighted by atomic mass is 10.1. The van der Waals surface area contributed by atoms with Gasteiger partial charge in [-0.05, 0) is 31.4 Å². The molecule has 1 heterocycles. The van der Waals surface area contributed by atoms with Crippen molar-refractivity contribution in [2.24, 2.45) is 0 Å². The van der Waals surface area contributed by atoms with Crippen molar-refractivity contribution in [2.75, 3.05) is 12.0 Å². The van der Waals surface area contributed by atoms with Gasteiger partial charge in [0.05, 0.1) is 11.9 Å². The van der Waals surface area contributed by atoms with Crippen molar-refractivity contribution in [1.82, 2.24) is 4.98 Å². The molecule has 0 fully saturated rings. The van der Waals surface area contributed by atoms with Gasteiger partial charge in [0.25, 0.3) is 0 Å². The van der Waals surface area contributed by atoms with Crippen molar-refractivity contribution in [2.45, 2.75) is 24.1 Å². The normalized spacial score (nSPS) is 13.0. The Morgan fingerprint density at radius 2 is 1.86 bits per heavy atom. The van der Waals surface area contributed by atoms with Crippen molar-refractivity contribution < 1.29 is 17.9 Å². The summed E-state index contributed by atoms with van der Waals surface area (Å²) in [5, 5.41) is 0. The van der Waals surface area contributed by atoms with Gasteiger partial charge in [-0.25, -0.2) is 4.98 Å². The molecule has 22 heavy (non-hydrogen) atoms. The molecule has 0 aliphatic heterocycles. The minimum atomic E-state index is -4.55. The summed E-state index contributed by atoms with van der Waals surface area (Å²) in [6.45, 7) is 1.60. The topological polar surface area (TPSA) is 48.1 Å². The Bertz CT molecular complexity index is 644. The number of ether oxygens (including phenoxy) is 1. The summed E-state index contributed by atoms with van der Waals surface area (Å²) in [6.07, 6.45) is -3.49. The summed E-state index contributed by atoms with van der Waals surface area (Å²) in [6, 6.07) is 7.61. The van der Waals surface area contributed by atoms with Crippen molar-refractivity contribution in [3.05, 3.63) is 47.7 Å². The predicted octanol–water partition coefficient (Wildman–Crippen LogP) is 4.38. The van der Waals surface area contributed by atoms with Crippen LogP contribution in [0.25, 0.3) is 0 Å². The fourth-order valence-corrected chi connectivity index (χ4v) is 2.33. The Kier molecular flexibility index (Phi) is 4.85. The van der Waals surface area contributed by atoms with Crippen LogP contribution in [0.3, 0.4) is 0 Å². The largest absolute Gasteiger partial charge is 0.460 e. The maximum absolute atomic E-state index is 13.3. The van der Waals surface area contributed by atoms with E-state index in [1.54, 1.807) is 19.1 Å². The third-order valence-corrected chi connectivity index (χ3v) is 3.74. The molecule has 1 atom stereocenters. The number of aromatic nitrogens is 1. The van der Waals surface area contributed by atoms with Crippen molar-refractivity contribution in [3.8, 4) is 5.88 Å². The first-order valence-corrected chi connectivity index (χ1v) is 7.63. The first kappa shape index (κ1) is 16.5. The molecule has 0 amide bonds. The number of aryl methyl sites for hydroxylation is 1. The standard InChI is InChI=1S/C15H15F3N2OS/c1-9-7-11(19)8-20-14(9)21-13(15(16,17)18)10-3-5-12(22-2)6-4-10/h3-8,13H,19H2,1-2H3. The first-order valence-electron chi connectivity index (χ1n) is 6.40. The molecule has 0 bridgehead atoms. The molecule has 0 saturated carbocycles. The van der Waals surface area contributed by atoms with Gasteiger partial charge in [0.2, 0.25) is 12.0 Å². The van der Waals surface area contributed by atoms with Crippen LogP contribution in [0.1, 0.15) is 17.2 Å². The van der Waals surface area contributed by atoms with Crippen LogP contribution >= 0.6 is 11.8 Å². The van der Waals surface area contributed by atoms with Crippen molar-refractivity contribution in [1.29, 1.82) is 0 Å². The molecule has 1 aromatic heterocycles. The molecule has 7 heteroatoms. The molecular weight excluding hydrogens is 313 g/mol. The van der Waals surface area contributed by atoms with Crippen LogP contribution < -0.4 is 10.5 Å². The molecule has 118 valence electrons. The number of alkyl halides is 3. The zero-order valence-electron chi connectivity index (χ0n) is 12.0. The molecule has 3 nitrogen and oxygen atoms in total. The van der Waals surface area contributed by atoms with Crippen LogP contribution in [0, 0.1) is 6.92 Å². The maximum Gasteiger partial charge on any atom is 0.429 e. The summed E-state index contributed by atoms with van der Waals surface area (Å²) in [7, 11) is 0. The van der Waals surface area contributed by atoms with Gasteiger partial charge < -0.3 is 10.5 Å². The van der Waals surface area contributed by atoms with E-state index in [4.69, 9.17) is 10.5 Å². The SMILES string of the molecule is CSc1ccc(C(Oc2ncc(N)cc2C)C(F)(F)F)cc1. The van der Waals surface area contributed by atoms with E-state index in [1.807, 2.05) is 6.26 Å². The molecule has 2 rings (SSSR count). The van der Waals surface area contributed by atoms with E-state index >= 15 is 0 Å². The number of pyridine rings is 1. The fourth-order valence-electron chi connectivity index (χ4n) is 1.92. The second-order valence-electron chi connectivity index (χ2n) is 4.70. The number of rotatable bonds is 4. The third kappa shape index (κ3) is 3.85. The van der Waals surface area contributed by atoms with Crippen LogP contribution in [-0.2, 0) is 0 Å². The van der Waals surface area contributed by atoms with E-state index in [2.05, 4.69) is 4.98 Å². The summed E-state index contributed by atoms with van der Waals surface area (Å²) >= 11 is 1.46. The molecule has 0 spiro atoms. The Balaban J connectivity index is 2.34. The second-order valence-corrected chi connectivity index (χ2v) is 5.58. The van der Waals surface area contributed by atoms with Gasteiger partial charge in [-0.2, -0.15) is 13.2 Å². The summed E-state index contributed by atoms with van der Waals surface area (Å²) in [4.78, 5) is 4.72. The third-order valence-electron chi connectivity index (χ3n) is 3.00. The quantitative estimate of drug-likeness (QED) is 0.846. The highest BCUT2D eigenvalue weighted by Crippen LogP contribution is 2.37. The van der Waals surface area contributed by atoms with Crippen LogP contribution in [-0.4, -0.2) is 17.4 Å². The lowest BCUT2D eigenvalue weighted by Gasteiger charge is -2.22. The number of nitrogens with zero attached hydrogens (tertiary/aromatic N) is 1. The van der Waals surface area contributed by atoms with E-state index in [9.17, 15) is 13.2 Å². The van der Waals surface area contributed by atoms with Gasteiger partial charge in [0.1, 0.15) is 0 Å². The highest BCUT2D eigenvalue weighted by molar-refractivity contribution is 7.98. The fraction of sp³-hybridized carbons (Fsp3) is 0.267. The molecule has 2 aromatic rings. The summed E-state index contributed by atoms with van der Waals surface area (Å²) < 4.78 is 45.0. The van der Waals surface area contributed by atoms with Gasteiger partial charge in [-0.3, -0.25) is 0 Å². The second kappa shape index (κ2) is 6.48. The molecule has 0 radical (unpaired) electrons. The van der Waals surface area contributed by atoms with E-state index in [1.165, 1.54) is 36.2 Å². The Labute approximate surface area is 130 Å². The maximum atomic E-state index is 13.3. The number of nitrogens with two attached hydrogens (primary N) is 1. The first-order chi connectivity index (χ1) is 10.3. The molecule has 1 aromatic carbocycles. The van der Waals surface area contributed by atoms with E-state index in [0.717, 1.165) is 4.90 Å². The summed E-state index contributed by atoms with van der Waals surface area (Å²) in [5.74, 6) is -0.0783. The molecular formula is C15H15F3N2OS. The zero-order valence-corrected chi connectivity index (χ0v) is 12.8. The monoisotopic (exact) mass is 328 g/mol. The van der Waals surface area contributed by atoms with E-state index < -0.39 is 12.3 Å². The molecule has 0 aliphatic carbocycles. The van der Waals surface area contributed by atoms with Crippen LogP contribution in [0.4, 0.5) is 18.9 Å². The average Bonchev–Trinajstić information content (AvgIpc) is 2.45. The van der Waals surface area contributed by atoms with Gasteiger partial charge in [-0.1, -0.05) is 12.1 Å². The van der Waals surface area contributed by atoms with Gasteiger partial charge in [0, 0.05) is 16.0 Å². The van der Waals surface area contributed by atoms with Crippen molar-refractivity contribution >= 4 is 17.4 Å². The number of hydrogen-bond donors (Lipinski definition) is 1. The van der Waals surface area contributed by atoms with Crippen molar-refractivity contribution in [3.63, 3.8) is 0 Å². The van der Waals surface area contributed by atoms with Crippen LogP contribution in [0.2, 0.25) is 0 Å². The Hall–Kier alpha value is -1.89. The summed E-state index contributed by atoms with van der Waals surface area (Å²) in [5.41, 5.74) is 6.40. The molecule has 0 aliphatic rings. The molecule has 1 unspecified atom stereocenters. The highest BCUT2D eigenvalue weighted by atomic mass is 32.2. The number of benzene rings is 1. The highest BCUT2D eigenvalue weighted by Gasteiger charge is 2.43. The Morgan fingerprint density at radius 3 is 2.36 bits per heavy atom. The number of nitrogen functional groups attached to an aromatic ring is 1. The minimum Gasteiger partial charge on any atom is -0.460 e. The number of thioether (sulfide) groups is 1. The van der Waals surface area contributed by atoms with Crippen LogP contribution in [0.5, 0.6) is 5.88 Å². The van der Waals surface area contributed by atoms with Gasteiger partial charge >= 0.3 is 6.18 Å². The average molecular weight is 328 g/mol. The number of hydrogen-bond acceptors (Lipinski definition) is 4.